The Hall–Kier alpha value is -2.91. The van der Waals surface area contributed by atoms with Crippen molar-refractivity contribution >= 4 is 27.5 Å². The highest BCUT2D eigenvalue weighted by Gasteiger charge is 2.34. The van der Waals surface area contributed by atoms with Gasteiger partial charge in [-0.05, 0) is 54.9 Å². The lowest BCUT2D eigenvalue weighted by Crippen LogP contribution is -2.46. The Bertz CT molecular complexity index is 1130. The van der Waals surface area contributed by atoms with Crippen molar-refractivity contribution in [3.05, 3.63) is 59.9 Å². The first-order valence-electron chi connectivity index (χ1n) is 11.5. The molecule has 0 fully saturated rings. The summed E-state index contributed by atoms with van der Waals surface area (Å²) in [4.78, 5) is 43.0. The quantitative estimate of drug-likeness (QED) is 0.580. The first-order valence-corrected chi connectivity index (χ1v) is 13.0. The van der Waals surface area contributed by atoms with Crippen LogP contribution in [0.25, 0.3) is 0 Å². The van der Waals surface area contributed by atoms with Crippen LogP contribution in [0.3, 0.4) is 0 Å². The van der Waals surface area contributed by atoms with E-state index in [0.717, 1.165) is 30.4 Å². The van der Waals surface area contributed by atoms with Gasteiger partial charge in [-0.3, -0.25) is 19.4 Å². The maximum absolute atomic E-state index is 13.3. The van der Waals surface area contributed by atoms with Gasteiger partial charge in [-0.15, -0.1) is 0 Å². The Kier molecular flexibility index (Phi) is 8.68. The van der Waals surface area contributed by atoms with Crippen LogP contribution in [0, 0.1) is 11.8 Å². The molecular formula is C25H31N3O5S. The first kappa shape index (κ1) is 25.7. The van der Waals surface area contributed by atoms with Crippen molar-refractivity contribution in [3.8, 4) is 0 Å². The molecule has 0 saturated carbocycles. The van der Waals surface area contributed by atoms with E-state index in [2.05, 4.69) is 15.0 Å². The van der Waals surface area contributed by atoms with Crippen molar-refractivity contribution in [2.45, 2.75) is 56.9 Å². The average molecular weight is 486 g/mol. The molecule has 0 saturated heterocycles. The highest BCUT2D eigenvalue weighted by Crippen LogP contribution is 2.20. The second-order valence-corrected chi connectivity index (χ2v) is 10.7. The third-order valence-corrected chi connectivity index (χ3v) is 7.36. The lowest BCUT2D eigenvalue weighted by atomic mass is 9.86. The number of hydrogen-bond acceptors (Lipinski definition) is 6. The van der Waals surface area contributed by atoms with E-state index in [9.17, 15) is 22.8 Å². The number of aryl methyl sites for hydroxylation is 1. The monoisotopic (exact) mass is 485 g/mol. The molecule has 2 aromatic rings. The highest BCUT2D eigenvalue weighted by atomic mass is 32.2. The smallest absolute Gasteiger partial charge is 0.287 e. The molecule has 34 heavy (non-hydrogen) atoms. The molecule has 0 spiro atoms. The number of amides is 1. The van der Waals surface area contributed by atoms with Crippen LogP contribution in [0.4, 0.5) is 0 Å². The first-order chi connectivity index (χ1) is 16.2. The van der Waals surface area contributed by atoms with Crippen LogP contribution in [-0.2, 0) is 37.2 Å². The van der Waals surface area contributed by atoms with Gasteiger partial charge in [0.05, 0.1) is 10.9 Å². The number of carbonyl (C=O) groups excluding carboxylic acids is 3. The fourth-order valence-electron chi connectivity index (χ4n) is 4.04. The zero-order chi connectivity index (χ0) is 24.7. The number of aromatic nitrogens is 1. The molecule has 0 aliphatic carbocycles. The standard InChI is InChI=1S/C25H31N3O5S/c1-17(2)23(28-34(32,33)21-9-4-3-5-10-21)22(29)14-20-13-19-12-18(15-26-16-19)8-6-7-11-27-25(31)24(20)30/h3-5,9-10,12,15-17,20,23,28H,6-8,11,13-14H2,1-2H3,(H,27,31). The molecule has 2 atom stereocenters. The van der Waals surface area contributed by atoms with Gasteiger partial charge in [0.25, 0.3) is 5.91 Å². The predicted octanol–water partition coefficient (Wildman–Crippen LogP) is 2.22. The molecule has 2 N–H and O–H groups in total. The number of carbonyl (C=O) groups is 3. The largest absolute Gasteiger partial charge is 0.349 e. The third kappa shape index (κ3) is 6.80. The summed E-state index contributed by atoms with van der Waals surface area (Å²) >= 11 is 0. The number of ketones is 2. The molecule has 2 heterocycles. The molecule has 1 aliphatic rings. The summed E-state index contributed by atoms with van der Waals surface area (Å²) in [7, 11) is -3.94. The summed E-state index contributed by atoms with van der Waals surface area (Å²) in [6.45, 7) is 3.85. The van der Waals surface area contributed by atoms with E-state index >= 15 is 0 Å². The predicted molar refractivity (Wildman–Crippen MR) is 127 cm³/mol. The summed E-state index contributed by atoms with van der Waals surface area (Å²) in [5.41, 5.74) is 1.81. The molecule has 182 valence electrons. The van der Waals surface area contributed by atoms with Gasteiger partial charge in [0.1, 0.15) is 0 Å². The zero-order valence-corrected chi connectivity index (χ0v) is 20.3. The van der Waals surface area contributed by atoms with Gasteiger partial charge >= 0.3 is 0 Å². The fourth-order valence-corrected chi connectivity index (χ4v) is 5.43. The van der Waals surface area contributed by atoms with Crippen LogP contribution in [0.1, 0.15) is 44.2 Å². The van der Waals surface area contributed by atoms with Gasteiger partial charge in [-0.25, -0.2) is 13.1 Å². The van der Waals surface area contributed by atoms with Crippen LogP contribution in [-0.4, -0.2) is 43.5 Å². The minimum absolute atomic E-state index is 0.0535. The maximum atomic E-state index is 13.3. The molecule has 0 radical (unpaired) electrons. The maximum Gasteiger partial charge on any atom is 0.287 e. The minimum atomic E-state index is -3.94. The van der Waals surface area contributed by atoms with Gasteiger partial charge in [0.15, 0.2) is 5.78 Å². The number of fused-ring (bicyclic) bond motifs is 2. The topological polar surface area (TPSA) is 122 Å². The Morgan fingerprint density at radius 3 is 2.53 bits per heavy atom. The van der Waals surface area contributed by atoms with Crippen molar-refractivity contribution in [1.29, 1.82) is 0 Å². The molecule has 8 nitrogen and oxygen atoms in total. The van der Waals surface area contributed by atoms with E-state index in [0.29, 0.717) is 6.54 Å². The van der Waals surface area contributed by atoms with Crippen LogP contribution < -0.4 is 10.0 Å². The zero-order valence-electron chi connectivity index (χ0n) is 19.5. The van der Waals surface area contributed by atoms with Crippen LogP contribution >= 0.6 is 0 Å². The van der Waals surface area contributed by atoms with Crippen molar-refractivity contribution in [2.24, 2.45) is 11.8 Å². The number of nitrogens with zero attached hydrogens (tertiary/aromatic N) is 1. The van der Waals surface area contributed by atoms with Gasteiger partial charge < -0.3 is 5.32 Å². The molecule has 3 rings (SSSR count). The van der Waals surface area contributed by atoms with E-state index in [1.54, 1.807) is 44.4 Å². The van der Waals surface area contributed by atoms with Crippen LogP contribution in [0.15, 0.2) is 53.7 Å². The summed E-state index contributed by atoms with van der Waals surface area (Å²) in [5, 5.41) is 2.65. The number of Topliss-reactive ketones (excluding diaryl/α,β-unsaturated/α-hetero) is 2. The lowest BCUT2D eigenvalue weighted by molar-refractivity contribution is -0.141. The Morgan fingerprint density at radius 1 is 1.12 bits per heavy atom. The molecule has 2 bridgehead atoms. The van der Waals surface area contributed by atoms with Gasteiger partial charge in [0.2, 0.25) is 15.8 Å². The number of sulfonamides is 1. The van der Waals surface area contributed by atoms with E-state index < -0.39 is 39.5 Å². The highest BCUT2D eigenvalue weighted by molar-refractivity contribution is 7.89. The molecule has 9 heteroatoms. The molecule has 1 aromatic carbocycles. The Morgan fingerprint density at radius 2 is 1.82 bits per heavy atom. The number of rotatable bonds is 7. The van der Waals surface area contributed by atoms with Crippen molar-refractivity contribution < 1.29 is 22.8 Å². The molecule has 1 amide bonds. The van der Waals surface area contributed by atoms with E-state index in [4.69, 9.17) is 0 Å². The van der Waals surface area contributed by atoms with Crippen LogP contribution in [0.5, 0.6) is 0 Å². The summed E-state index contributed by atoms with van der Waals surface area (Å²) in [6, 6.07) is 8.72. The fraction of sp³-hybridized carbons (Fsp3) is 0.440. The average Bonchev–Trinajstić information content (AvgIpc) is 2.81. The number of hydrogen-bond donors (Lipinski definition) is 2. The number of benzene rings is 1. The number of nitrogens with one attached hydrogen (secondary N) is 2. The van der Waals surface area contributed by atoms with Gasteiger partial charge in [0, 0.05) is 31.3 Å². The molecular weight excluding hydrogens is 454 g/mol. The molecule has 1 aromatic heterocycles. The Balaban J connectivity index is 1.84. The number of pyridine rings is 1. The van der Waals surface area contributed by atoms with E-state index in [1.165, 1.54) is 12.1 Å². The van der Waals surface area contributed by atoms with Crippen molar-refractivity contribution in [3.63, 3.8) is 0 Å². The SMILES string of the molecule is CC(C)C(NS(=O)(=O)c1ccccc1)C(=O)CC1Cc2cncc(c2)CCCCNC(=O)C1=O. The van der Waals surface area contributed by atoms with E-state index in [1.807, 2.05) is 6.07 Å². The second-order valence-electron chi connectivity index (χ2n) is 9.01. The Labute approximate surface area is 200 Å². The summed E-state index contributed by atoms with van der Waals surface area (Å²) in [6.07, 6.45) is 5.73. The van der Waals surface area contributed by atoms with Gasteiger partial charge in [-0.2, -0.15) is 0 Å². The second kappa shape index (κ2) is 11.5. The normalized spacial score (nSPS) is 18.5. The van der Waals surface area contributed by atoms with Crippen molar-refractivity contribution in [2.75, 3.05) is 6.54 Å². The van der Waals surface area contributed by atoms with E-state index in [-0.39, 0.29) is 23.7 Å². The minimum Gasteiger partial charge on any atom is -0.349 e. The summed E-state index contributed by atoms with van der Waals surface area (Å²) in [5.74, 6) is -3.09. The van der Waals surface area contributed by atoms with Gasteiger partial charge in [-0.1, -0.05) is 38.1 Å². The lowest BCUT2D eigenvalue weighted by Gasteiger charge is -2.24. The summed E-state index contributed by atoms with van der Waals surface area (Å²) < 4.78 is 28.2. The molecule has 2 unspecified atom stereocenters. The third-order valence-electron chi connectivity index (χ3n) is 5.90. The molecule has 1 aliphatic heterocycles. The van der Waals surface area contributed by atoms with Crippen molar-refractivity contribution in [1.82, 2.24) is 15.0 Å². The van der Waals surface area contributed by atoms with Crippen LogP contribution in [0.2, 0.25) is 0 Å².